The van der Waals surface area contributed by atoms with Crippen molar-refractivity contribution in [3.8, 4) is 17.5 Å². The summed E-state index contributed by atoms with van der Waals surface area (Å²) in [5, 5.41) is 12.7. The fourth-order valence-corrected chi connectivity index (χ4v) is 3.35. The van der Waals surface area contributed by atoms with Crippen molar-refractivity contribution in [2.24, 2.45) is 0 Å². The molecule has 106 valence electrons. The average Bonchev–Trinajstić information content (AvgIpc) is 2.93. The molecule has 4 nitrogen and oxygen atoms in total. The highest BCUT2D eigenvalue weighted by Crippen LogP contribution is 2.45. The van der Waals surface area contributed by atoms with Crippen molar-refractivity contribution in [1.82, 2.24) is 9.88 Å². The molecule has 1 spiro atoms. The summed E-state index contributed by atoms with van der Waals surface area (Å²) in [6.45, 7) is 1.69. The molecular weight excluding hydrogens is 269 g/mol. The topological polar surface area (TPSA) is 50.0 Å². The number of nitrogens with zero attached hydrogens (tertiary/aromatic N) is 2. The monoisotopic (exact) mass is 283 g/mol. The number of aromatic nitrogens is 1. The van der Waals surface area contributed by atoms with Crippen molar-refractivity contribution >= 4 is 0 Å². The number of hydrogen-bond acceptors (Lipinski definition) is 3. The fraction of sp³-hybridized carbons (Fsp3) is 0.312. The summed E-state index contributed by atoms with van der Waals surface area (Å²) in [6.07, 6.45) is 1.61. The Hall–Kier alpha value is -2.32. The molecule has 0 atom stereocenters. The number of hydrogen-bond donors (Lipinski definition) is 1. The van der Waals surface area contributed by atoms with Crippen LogP contribution in [0.25, 0.3) is 5.69 Å². The molecule has 0 aliphatic carbocycles. The normalized spacial score (nSPS) is 18.5. The van der Waals surface area contributed by atoms with Gasteiger partial charge in [0.1, 0.15) is 23.3 Å². The standard InChI is InChI=1S/C16H14FN3O/c17-11-1-3-13-14(9-11)21-16(5-7-19-8-6-16)15-4-2-12(10-18)20(13)15/h1-4,9,19H,5-8H2. The largest absolute Gasteiger partial charge is 0.479 e. The highest BCUT2D eigenvalue weighted by atomic mass is 19.1. The molecule has 1 aromatic carbocycles. The summed E-state index contributed by atoms with van der Waals surface area (Å²) in [6, 6.07) is 10.4. The smallest absolute Gasteiger partial charge is 0.152 e. The second kappa shape index (κ2) is 4.34. The summed E-state index contributed by atoms with van der Waals surface area (Å²) in [7, 11) is 0. The second-order valence-corrected chi connectivity index (χ2v) is 5.51. The van der Waals surface area contributed by atoms with E-state index in [9.17, 15) is 9.65 Å². The number of nitriles is 1. The molecule has 2 aliphatic heterocycles. The molecule has 1 N–H and O–H groups in total. The maximum absolute atomic E-state index is 13.6. The number of rotatable bonds is 0. The Bertz CT molecular complexity index is 753. The van der Waals surface area contributed by atoms with Crippen molar-refractivity contribution < 1.29 is 9.13 Å². The van der Waals surface area contributed by atoms with Crippen LogP contribution in [0.2, 0.25) is 0 Å². The third-order valence-corrected chi connectivity index (χ3v) is 4.34. The van der Waals surface area contributed by atoms with Gasteiger partial charge in [-0.25, -0.2) is 4.39 Å². The third kappa shape index (κ3) is 1.69. The quantitative estimate of drug-likeness (QED) is 0.808. The van der Waals surface area contributed by atoms with Gasteiger partial charge in [-0.15, -0.1) is 0 Å². The molecule has 1 aromatic heterocycles. The van der Waals surface area contributed by atoms with Crippen LogP contribution in [0, 0.1) is 17.1 Å². The van der Waals surface area contributed by atoms with Crippen LogP contribution in [-0.2, 0) is 5.60 Å². The molecule has 3 heterocycles. The van der Waals surface area contributed by atoms with Crippen LogP contribution in [-0.4, -0.2) is 17.7 Å². The molecule has 4 rings (SSSR count). The van der Waals surface area contributed by atoms with E-state index in [-0.39, 0.29) is 5.82 Å². The van der Waals surface area contributed by atoms with Crippen LogP contribution in [0.5, 0.6) is 5.75 Å². The molecule has 5 heteroatoms. The maximum Gasteiger partial charge on any atom is 0.152 e. The molecule has 21 heavy (non-hydrogen) atoms. The Morgan fingerprint density at radius 3 is 2.81 bits per heavy atom. The van der Waals surface area contributed by atoms with E-state index in [1.807, 2.05) is 10.6 Å². The molecule has 0 unspecified atom stereocenters. The van der Waals surface area contributed by atoms with Gasteiger partial charge < -0.3 is 10.1 Å². The number of ether oxygens (including phenoxy) is 1. The van der Waals surface area contributed by atoms with Crippen LogP contribution < -0.4 is 10.1 Å². The number of benzene rings is 1. The van der Waals surface area contributed by atoms with Gasteiger partial charge in [-0.05, 0) is 37.4 Å². The maximum atomic E-state index is 13.6. The summed E-state index contributed by atoms with van der Waals surface area (Å²) in [5.74, 6) is 0.184. The number of fused-ring (bicyclic) bond motifs is 4. The van der Waals surface area contributed by atoms with Gasteiger partial charge in [-0.2, -0.15) is 5.26 Å². The van der Waals surface area contributed by atoms with Crippen LogP contribution in [0.4, 0.5) is 4.39 Å². The van der Waals surface area contributed by atoms with E-state index in [0.717, 1.165) is 37.3 Å². The van der Waals surface area contributed by atoms with E-state index >= 15 is 0 Å². The summed E-state index contributed by atoms with van der Waals surface area (Å²) in [5.41, 5.74) is 1.80. The zero-order valence-electron chi connectivity index (χ0n) is 11.4. The van der Waals surface area contributed by atoms with Crippen LogP contribution in [0.3, 0.4) is 0 Å². The average molecular weight is 283 g/mol. The summed E-state index contributed by atoms with van der Waals surface area (Å²) in [4.78, 5) is 0. The van der Waals surface area contributed by atoms with Gasteiger partial charge in [0.15, 0.2) is 5.60 Å². The molecule has 1 fully saturated rings. The van der Waals surface area contributed by atoms with Crippen molar-refractivity contribution in [2.45, 2.75) is 18.4 Å². The molecule has 1 saturated heterocycles. The van der Waals surface area contributed by atoms with Gasteiger partial charge in [-0.1, -0.05) is 0 Å². The molecule has 0 radical (unpaired) electrons. The van der Waals surface area contributed by atoms with E-state index < -0.39 is 5.60 Å². The lowest BCUT2D eigenvalue weighted by atomic mass is 9.87. The summed E-state index contributed by atoms with van der Waals surface area (Å²) < 4.78 is 21.7. The Balaban J connectivity index is 1.98. The molecule has 0 bridgehead atoms. The predicted molar refractivity (Wildman–Crippen MR) is 74.9 cm³/mol. The van der Waals surface area contributed by atoms with Crippen molar-refractivity contribution in [2.75, 3.05) is 13.1 Å². The Morgan fingerprint density at radius 1 is 1.24 bits per heavy atom. The van der Waals surface area contributed by atoms with E-state index in [2.05, 4.69) is 11.4 Å². The SMILES string of the molecule is N#Cc1ccc2n1-c1ccc(F)cc1OC21CCNCC1. The van der Waals surface area contributed by atoms with Gasteiger partial charge in [-0.3, -0.25) is 4.57 Å². The van der Waals surface area contributed by atoms with E-state index in [1.165, 1.54) is 12.1 Å². The van der Waals surface area contributed by atoms with E-state index in [1.54, 1.807) is 12.1 Å². The Labute approximate surface area is 121 Å². The number of halogens is 1. The van der Waals surface area contributed by atoms with Crippen LogP contribution in [0.1, 0.15) is 24.2 Å². The minimum Gasteiger partial charge on any atom is -0.479 e. The van der Waals surface area contributed by atoms with Gasteiger partial charge in [0, 0.05) is 18.9 Å². The van der Waals surface area contributed by atoms with Gasteiger partial charge in [0.25, 0.3) is 0 Å². The minimum absolute atomic E-state index is 0.327. The Morgan fingerprint density at radius 2 is 2.05 bits per heavy atom. The molecule has 2 aliphatic rings. The highest BCUT2D eigenvalue weighted by Gasteiger charge is 2.43. The fourth-order valence-electron chi connectivity index (χ4n) is 3.35. The van der Waals surface area contributed by atoms with Gasteiger partial charge in [0.05, 0.1) is 11.4 Å². The van der Waals surface area contributed by atoms with Gasteiger partial charge >= 0.3 is 0 Å². The van der Waals surface area contributed by atoms with E-state index in [0.29, 0.717) is 11.4 Å². The van der Waals surface area contributed by atoms with Crippen LogP contribution >= 0.6 is 0 Å². The highest BCUT2D eigenvalue weighted by molar-refractivity contribution is 5.55. The van der Waals surface area contributed by atoms with Crippen molar-refractivity contribution in [1.29, 1.82) is 5.26 Å². The predicted octanol–water partition coefficient (Wildman–Crippen LogP) is 2.46. The van der Waals surface area contributed by atoms with E-state index in [4.69, 9.17) is 4.74 Å². The number of piperidine rings is 1. The summed E-state index contributed by atoms with van der Waals surface area (Å²) >= 11 is 0. The number of nitrogens with one attached hydrogen (secondary N) is 1. The first-order chi connectivity index (χ1) is 10.2. The van der Waals surface area contributed by atoms with Crippen LogP contribution in [0.15, 0.2) is 30.3 Å². The third-order valence-electron chi connectivity index (χ3n) is 4.34. The zero-order valence-corrected chi connectivity index (χ0v) is 11.4. The first-order valence-electron chi connectivity index (χ1n) is 7.05. The molecular formula is C16H14FN3O. The first kappa shape index (κ1) is 12.4. The minimum atomic E-state index is -0.471. The molecule has 0 saturated carbocycles. The first-order valence-corrected chi connectivity index (χ1v) is 7.05. The lowest BCUT2D eigenvalue weighted by Crippen LogP contribution is -2.47. The lowest BCUT2D eigenvalue weighted by Gasteiger charge is -2.42. The second-order valence-electron chi connectivity index (χ2n) is 5.51. The van der Waals surface area contributed by atoms with Crippen molar-refractivity contribution in [3.05, 3.63) is 47.5 Å². The molecule has 2 aromatic rings. The zero-order chi connectivity index (χ0) is 14.4. The van der Waals surface area contributed by atoms with Gasteiger partial charge in [0.2, 0.25) is 0 Å². The molecule has 0 amide bonds. The Kier molecular flexibility index (Phi) is 2.57. The lowest BCUT2D eigenvalue weighted by molar-refractivity contribution is 0.0199. The van der Waals surface area contributed by atoms with Crippen molar-refractivity contribution in [3.63, 3.8) is 0 Å².